The summed E-state index contributed by atoms with van der Waals surface area (Å²) in [6, 6.07) is -0.264. The number of hydrogen-bond donors (Lipinski definition) is 2. The molecular formula is C22H33F4NO5S. The van der Waals surface area contributed by atoms with Crippen molar-refractivity contribution in [3.63, 3.8) is 0 Å². The Morgan fingerprint density at radius 2 is 1.42 bits per heavy atom. The number of rotatable bonds is 8. The molecule has 0 saturated heterocycles. The van der Waals surface area contributed by atoms with E-state index in [1.165, 1.54) is 0 Å². The number of ketones is 1. The fourth-order valence-electron chi connectivity index (χ4n) is 5.78. The number of Topliss-reactive ketones (excluding diaryl/α,β-unsaturated/α-hetero) is 1. The topological polar surface area (TPSA) is 101 Å². The minimum atomic E-state index is -6.43. The molecule has 2 N–H and O–H groups in total. The van der Waals surface area contributed by atoms with Crippen molar-refractivity contribution in [3.05, 3.63) is 0 Å². The molecule has 3 rings (SSSR count). The molecule has 3 aliphatic carbocycles. The first-order chi connectivity index (χ1) is 15.3. The second-order valence-electron chi connectivity index (χ2n) is 10.0. The number of hydrogen-bond acceptors (Lipinski definition) is 4. The van der Waals surface area contributed by atoms with Gasteiger partial charge in [-0.25, -0.2) is 0 Å². The molecule has 0 aromatic rings. The van der Waals surface area contributed by atoms with Crippen LogP contribution in [0.25, 0.3) is 0 Å². The monoisotopic (exact) mass is 499 g/mol. The largest absolute Gasteiger partial charge is 0.431 e. The van der Waals surface area contributed by atoms with Crippen molar-refractivity contribution in [3.8, 4) is 0 Å². The second-order valence-corrected chi connectivity index (χ2v) is 11.5. The van der Waals surface area contributed by atoms with Crippen molar-refractivity contribution < 1.29 is 40.1 Å². The molecule has 0 bridgehead atoms. The van der Waals surface area contributed by atoms with E-state index in [1.807, 2.05) is 0 Å². The van der Waals surface area contributed by atoms with Crippen molar-refractivity contribution in [1.29, 1.82) is 0 Å². The SMILES string of the molecule is O=C(CC1CCCCC1)C1CC(C(=O)NC2CCCCC2)C(C(F)(F)C(F)(F)S(=O)(=O)O)C1. The molecular weight excluding hydrogens is 466 g/mol. The molecule has 0 radical (unpaired) electrons. The fourth-order valence-corrected chi connectivity index (χ4v) is 6.27. The molecule has 6 nitrogen and oxygen atoms in total. The van der Waals surface area contributed by atoms with E-state index >= 15 is 0 Å². The Morgan fingerprint density at radius 1 is 0.879 bits per heavy atom. The van der Waals surface area contributed by atoms with Crippen LogP contribution in [-0.2, 0) is 19.7 Å². The molecule has 0 aliphatic heterocycles. The highest BCUT2D eigenvalue weighted by Crippen LogP contribution is 2.53. The summed E-state index contributed by atoms with van der Waals surface area (Å²) in [6.45, 7) is 0. The number of carbonyl (C=O) groups is 2. The zero-order chi connectivity index (χ0) is 24.4. The van der Waals surface area contributed by atoms with Crippen LogP contribution in [0.3, 0.4) is 0 Å². The molecule has 0 spiro atoms. The molecule has 0 aromatic carbocycles. The molecule has 0 heterocycles. The Kier molecular flexibility index (Phi) is 8.13. The Bertz CT molecular complexity index is 823. The maximum Gasteiger partial charge on any atom is 0.431 e. The van der Waals surface area contributed by atoms with Gasteiger partial charge in [0, 0.05) is 30.2 Å². The van der Waals surface area contributed by atoms with E-state index in [0.29, 0.717) is 12.8 Å². The van der Waals surface area contributed by atoms with Crippen molar-refractivity contribution in [2.24, 2.45) is 23.7 Å². The predicted molar refractivity (Wildman–Crippen MR) is 112 cm³/mol. The number of alkyl halides is 4. The van der Waals surface area contributed by atoms with E-state index in [2.05, 4.69) is 5.32 Å². The average Bonchev–Trinajstić information content (AvgIpc) is 3.21. The fraction of sp³-hybridized carbons (Fsp3) is 0.909. The Hall–Kier alpha value is -1.23. The van der Waals surface area contributed by atoms with Crippen LogP contribution in [-0.4, -0.2) is 41.9 Å². The summed E-state index contributed by atoms with van der Waals surface area (Å²) in [7, 11) is -6.43. The summed E-state index contributed by atoms with van der Waals surface area (Å²) in [6.07, 6.45) is 7.74. The van der Waals surface area contributed by atoms with Crippen LogP contribution in [0.15, 0.2) is 0 Å². The van der Waals surface area contributed by atoms with Crippen molar-refractivity contribution in [1.82, 2.24) is 5.32 Å². The Morgan fingerprint density at radius 3 is 1.97 bits per heavy atom. The van der Waals surface area contributed by atoms with E-state index < -0.39 is 51.4 Å². The normalized spacial score (nSPS) is 28.6. The highest BCUT2D eigenvalue weighted by molar-refractivity contribution is 7.87. The predicted octanol–water partition coefficient (Wildman–Crippen LogP) is 4.73. The summed E-state index contributed by atoms with van der Waals surface area (Å²) in [5.74, 6) is -11.3. The van der Waals surface area contributed by atoms with Gasteiger partial charge >= 0.3 is 21.3 Å². The van der Waals surface area contributed by atoms with Gasteiger partial charge in [0.2, 0.25) is 5.91 Å². The first-order valence-corrected chi connectivity index (χ1v) is 13.3. The Balaban J connectivity index is 1.81. The van der Waals surface area contributed by atoms with Gasteiger partial charge in [-0.3, -0.25) is 14.1 Å². The van der Waals surface area contributed by atoms with Gasteiger partial charge in [0.25, 0.3) is 0 Å². The first-order valence-electron chi connectivity index (χ1n) is 11.9. The van der Waals surface area contributed by atoms with Crippen LogP contribution in [0, 0.1) is 23.7 Å². The van der Waals surface area contributed by atoms with Gasteiger partial charge in [0.15, 0.2) is 0 Å². The van der Waals surface area contributed by atoms with E-state index in [9.17, 15) is 35.6 Å². The van der Waals surface area contributed by atoms with Crippen molar-refractivity contribution >= 4 is 21.8 Å². The molecule has 1 amide bonds. The maximum atomic E-state index is 14.9. The minimum absolute atomic E-state index is 0.111. The zero-order valence-corrected chi connectivity index (χ0v) is 19.4. The third kappa shape index (κ3) is 5.71. The minimum Gasteiger partial charge on any atom is -0.353 e. The van der Waals surface area contributed by atoms with Gasteiger partial charge in [0.05, 0.1) is 0 Å². The summed E-state index contributed by atoms with van der Waals surface area (Å²) < 4.78 is 89.1. The van der Waals surface area contributed by atoms with Crippen LogP contribution in [0.2, 0.25) is 0 Å². The number of halogens is 4. The molecule has 3 fully saturated rings. The zero-order valence-electron chi connectivity index (χ0n) is 18.6. The third-order valence-electron chi connectivity index (χ3n) is 7.70. The van der Waals surface area contributed by atoms with Gasteiger partial charge < -0.3 is 5.32 Å². The maximum absolute atomic E-state index is 14.9. The van der Waals surface area contributed by atoms with Crippen LogP contribution in [0.5, 0.6) is 0 Å². The summed E-state index contributed by atoms with van der Waals surface area (Å²) in [5, 5.41) is -3.11. The molecule has 11 heteroatoms. The molecule has 3 unspecified atom stereocenters. The van der Waals surface area contributed by atoms with E-state index in [1.54, 1.807) is 0 Å². The lowest BCUT2D eigenvalue weighted by molar-refractivity contribution is -0.201. The van der Waals surface area contributed by atoms with Gasteiger partial charge in [-0.2, -0.15) is 26.0 Å². The van der Waals surface area contributed by atoms with Gasteiger partial charge in [-0.05, 0) is 31.6 Å². The average molecular weight is 500 g/mol. The van der Waals surface area contributed by atoms with Gasteiger partial charge in [0.1, 0.15) is 5.78 Å². The van der Waals surface area contributed by atoms with Gasteiger partial charge in [-0.1, -0.05) is 51.4 Å². The summed E-state index contributed by atoms with van der Waals surface area (Å²) in [4.78, 5) is 25.8. The van der Waals surface area contributed by atoms with Crippen LogP contribution >= 0.6 is 0 Å². The highest BCUT2D eigenvalue weighted by Gasteiger charge is 2.71. The number of carbonyl (C=O) groups excluding carboxylic acids is 2. The van der Waals surface area contributed by atoms with Crippen LogP contribution in [0.1, 0.15) is 83.5 Å². The van der Waals surface area contributed by atoms with E-state index in [-0.39, 0.29) is 30.6 Å². The standard InChI is InChI=1S/C22H33F4NO5S/c23-21(24,22(25,26)33(30,31)32)18-13-15(19(28)11-14-7-3-1-4-8-14)12-17(18)20(29)27-16-9-5-2-6-10-16/h14-18H,1-13H2,(H,27,29)(H,30,31,32). The molecule has 0 aromatic heterocycles. The van der Waals surface area contributed by atoms with E-state index in [0.717, 1.165) is 51.4 Å². The lowest BCUT2D eigenvalue weighted by Crippen LogP contribution is -2.54. The molecule has 190 valence electrons. The van der Waals surface area contributed by atoms with Gasteiger partial charge in [-0.15, -0.1) is 0 Å². The lowest BCUT2D eigenvalue weighted by atomic mass is 9.83. The van der Waals surface area contributed by atoms with Crippen LogP contribution in [0.4, 0.5) is 17.6 Å². The lowest BCUT2D eigenvalue weighted by Gasteiger charge is -2.33. The summed E-state index contributed by atoms with van der Waals surface area (Å²) >= 11 is 0. The molecule has 33 heavy (non-hydrogen) atoms. The first kappa shape index (κ1) is 26.4. The number of nitrogens with one attached hydrogen (secondary N) is 1. The van der Waals surface area contributed by atoms with Crippen LogP contribution < -0.4 is 5.32 Å². The summed E-state index contributed by atoms with van der Waals surface area (Å²) in [5.41, 5.74) is 0. The Labute approximate surface area is 192 Å². The smallest absolute Gasteiger partial charge is 0.353 e. The molecule has 3 atom stereocenters. The quantitative estimate of drug-likeness (QED) is 0.371. The molecule has 3 aliphatic rings. The molecule has 3 saturated carbocycles. The van der Waals surface area contributed by atoms with Crippen molar-refractivity contribution in [2.75, 3.05) is 0 Å². The van der Waals surface area contributed by atoms with Crippen molar-refractivity contribution in [2.45, 2.75) is 101 Å². The second kappa shape index (κ2) is 10.2. The number of amides is 1. The highest BCUT2D eigenvalue weighted by atomic mass is 32.2. The van der Waals surface area contributed by atoms with E-state index in [4.69, 9.17) is 4.55 Å². The third-order valence-corrected chi connectivity index (χ3v) is 8.62.